The van der Waals surface area contributed by atoms with E-state index in [0.29, 0.717) is 13.0 Å². The predicted molar refractivity (Wildman–Crippen MR) is 38.6 cm³/mol. The van der Waals surface area contributed by atoms with Gasteiger partial charge in [-0.15, -0.1) is 0 Å². The summed E-state index contributed by atoms with van der Waals surface area (Å²) >= 11 is 0. The van der Waals surface area contributed by atoms with Crippen molar-refractivity contribution in [2.24, 2.45) is 0 Å². The fourth-order valence-electron chi connectivity index (χ4n) is 1.08. The van der Waals surface area contributed by atoms with Gasteiger partial charge < -0.3 is 4.74 Å². The summed E-state index contributed by atoms with van der Waals surface area (Å²) < 4.78 is 26.5. The van der Waals surface area contributed by atoms with Crippen LogP contribution < -0.4 is 0 Å². The summed E-state index contributed by atoms with van der Waals surface area (Å²) in [5.41, 5.74) is 0. The Kier molecular flexibility index (Phi) is 2.22. The van der Waals surface area contributed by atoms with Crippen molar-refractivity contribution in [2.45, 2.75) is 24.7 Å². The first kappa shape index (κ1) is 8.30. The van der Waals surface area contributed by atoms with E-state index in [0.717, 1.165) is 0 Å². The monoisotopic (exact) mass is 184 g/mol. The summed E-state index contributed by atoms with van der Waals surface area (Å²) in [5, 5.41) is -0.505. The number of halogens is 1. The van der Waals surface area contributed by atoms with Gasteiger partial charge in [0, 0.05) is 17.3 Å². The summed E-state index contributed by atoms with van der Waals surface area (Å²) in [4.78, 5) is 0. The maximum absolute atomic E-state index is 10.7. The molecule has 1 fully saturated rings. The van der Waals surface area contributed by atoms with Gasteiger partial charge in [0.05, 0.1) is 6.10 Å². The molecule has 10 heavy (non-hydrogen) atoms. The fraction of sp³-hybridized carbons (Fsp3) is 1.00. The van der Waals surface area contributed by atoms with Crippen LogP contribution in [0.5, 0.6) is 0 Å². The average Bonchev–Trinajstić information content (AvgIpc) is 2.11. The van der Waals surface area contributed by atoms with Crippen molar-refractivity contribution < 1.29 is 13.2 Å². The summed E-state index contributed by atoms with van der Waals surface area (Å²) in [6.45, 7) is 2.22. The maximum atomic E-state index is 10.7. The third-order valence-electron chi connectivity index (χ3n) is 1.67. The number of hydrogen-bond donors (Lipinski definition) is 0. The molecule has 0 radical (unpaired) electrons. The molecule has 0 aromatic heterocycles. The van der Waals surface area contributed by atoms with Crippen LogP contribution in [-0.4, -0.2) is 26.4 Å². The van der Waals surface area contributed by atoms with Gasteiger partial charge in [-0.25, -0.2) is 8.42 Å². The Morgan fingerprint density at radius 2 is 2.20 bits per heavy atom. The largest absolute Gasteiger partial charge is 0.377 e. The van der Waals surface area contributed by atoms with Gasteiger partial charge in [0.25, 0.3) is 0 Å². The van der Waals surface area contributed by atoms with Crippen molar-refractivity contribution in [1.29, 1.82) is 0 Å². The Hall–Kier alpha value is 0.200. The first-order chi connectivity index (χ1) is 4.52. The lowest BCUT2D eigenvalue weighted by Gasteiger charge is -2.08. The summed E-state index contributed by atoms with van der Waals surface area (Å²) in [6, 6.07) is 0. The fourth-order valence-corrected chi connectivity index (χ4v) is 2.70. The van der Waals surface area contributed by atoms with Crippen LogP contribution in [0.2, 0.25) is 0 Å². The van der Waals surface area contributed by atoms with Crippen molar-refractivity contribution in [3.63, 3.8) is 0 Å². The molecule has 0 bridgehead atoms. The third kappa shape index (κ3) is 1.62. The zero-order chi connectivity index (χ0) is 7.78. The van der Waals surface area contributed by atoms with Gasteiger partial charge in [-0.3, -0.25) is 0 Å². The molecule has 5 heteroatoms. The van der Waals surface area contributed by atoms with Crippen LogP contribution >= 0.6 is 10.7 Å². The van der Waals surface area contributed by atoms with Crippen LogP contribution in [0.1, 0.15) is 13.3 Å². The second kappa shape index (κ2) is 2.68. The molecule has 0 amide bonds. The normalized spacial score (nSPS) is 34.6. The van der Waals surface area contributed by atoms with Crippen molar-refractivity contribution in [3.8, 4) is 0 Å². The quantitative estimate of drug-likeness (QED) is 0.565. The molecule has 1 aliphatic rings. The van der Waals surface area contributed by atoms with Gasteiger partial charge in [0.15, 0.2) is 0 Å². The smallest absolute Gasteiger partial charge is 0.238 e. The van der Waals surface area contributed by atoms with Gasteiger partial charge >= 0.3 is 0 Å². The highest BCUT2D eigenvalue weighted by atomic mass is 35.7. The molecular weight excluding hydrogens is 176 g/mol. The van der Waals surface area contributed by atoms with Crippen molar-refractivity contribution in [1.82, 2.24) is 0 Å². The number of rotatable bonds is 1. The minimum atomic E-state index is -3.40. The molecule has 0 saturated carbocycles. The maximum Gasteiger partial charge on any atom is 0.238 e. The van der Waals surface area contributed by atoms with E-state index in [1.165, 1.54) is 0 Å². The molecule has 0 aromatic carbocycles. The zero-order valence-electron chi connectivity index (χ0n) is 5.58. The lowest BCUT2D eigenvalue weighted by molar-refractivity contribution is 0.126. The highest BCUT2D eigenvalue weighted by Gasteiger charge is 2.34. The number of ether oxygens (including phenoxy) is 1. The van der Waals surface area contributed by atoms with E-state index in [4.69, 9.17) is 15.4 Å². The molecule has 60 valence electrons. The molecular formula is C5H9ClO3S. The SMILES string of the molecule is C[C@@H]1OCC[C@@H]1S(=O)(=O)Cl. The average molecular weight is 185 g/mol. The lowest BCUT2D eigenvalue weighted by Crippen LogP contribution is -2.23. The van der Waals surface area contributed by atoms with E-state index in [1.54, 1.807) is 6.92 Å². The standard InChI is InChI=1S/C5H9ClO3S/c1-4-5(2-3-9-4)10(6,7)8/h4-5H,2-3H2,1H3/t4-,5-/m0/s1. The van der Waals surface area contributed by atoms with E-state index in [9.17, 15) is 8.42 Å². The van der Waals surface area contributed by atoms with E-state index in [2.05, 4.69) is 0 Å². The Morgan fingerprint density at radius 1 is 1.60 bits per heavy atom. The van der Waals surface area contributed by atoms with Crippen molar-refractivity contribution >= 4 is 19.7 Å². The Balaban J connectivity index is 2.74. The molecule has 1 aliphatic heterocycles. The molecule has 0 aromatic rings. The first-order valence-corrected chi connectivity index (χ1v) is 5.44. The summed E-state index contributed by atoms with van der Waals surface area (Å²) in [7, 11) is 1.72. The van der Waals surface area contributed by atoms with Crippen LogP contribution in [0.4, 0.5) is 0 Å². The van der Waals surface area contributed by atoms with Crippen LogP contribution in [0, 0.1) is 0 Å². The molecule has 1 heterocycles. The topological polar surface area (TPSA) is 43.4 Å². The van der Waals surface area contributed by atoms with Gasteiger partial charge in [-0.05, 0) is 13.3 Å². The molecule has 0 aliphatic carbocycles. The molecule has 1 rings (SSSR count). The highest BCUT2D eigenvalue weighted by Crippen LogP contribution is 2.23. The summed E-state index contributed by atoms with van der Waals surface area (Å²) in [6.07, 6.45) is 0.273. The van der Waals surface area contributed by atoms with Crippen LogP contribution in [0.25, 0.3) is 0 Å². The first-order valence-electron chi connectivity index (χ1n) is 3.07. The van der Waals surface area contributed by atoms with Gasteiger partial charge in [-0.2, -0.15) is 0 Å². The van der Waals surface area contributed by atoms with Gasteiger partial charge in [0.1, 0.15) is 5.25 Å². The lowest BCUT2D eigenvalue weighted by atomic mass is 10.3. The Bertz CT molecular complexity index is 211. The minimum Gasteiger partial charge on any atom is -0.377 e. The molecule has 0 N–H and O–H groups in total. The van der Waals surface area contributed by atoms with E-state index in [-0.39, 0.29) is 6.10 Å². The van der Waals surface area contributed by atoms with Crippen molar-refractivity contribution in [2.75, 3.05) is 6.61 Å². The van der Waals surface area contributed by atoms with Gasteiger partial charge in [0.2, 0.25) is 9.05 Å². The highest BCUT2D eigenvalue weighted by molar-refractivity contribution is 8.14. The molecule has 2 atom stereocenters. The number of hydrogen-bond acceptors (Lipinski definition) is 3. The molecule has 3 nitrogen and oxygen atoms in total. The van der Waals surface area contributed by atoms with Gasteiger partial charge in [-0.1, -0.05) is 0 Å². The van der Waals surface area contributed by atoms with Crippen LogP contribution in [-0.2, 0) is 13.8 Å². The molecule has 0 spiro atoms. The van der Waals surface area contributed by atoms with Crippen LogP contribution in [0.3, 0.4) is 0 Å². The summed E-state index contributed by atoms with van der Waals surface area (Å²) in [5.74, 6) is 0. The Labute approximate surface area is 64.7 Å². The molecule has 1 saturated heterocycles. The van der Waals surface area contributed by atoms with E-state index < -0.39 is 14.3 Å². The zero-order valence-corrected chi connectivity index (χ0v) is 7.15. The van der Waals surface area contributed by atoms with E-state index in [1.807, 2.05) is 0 Å². The second-order valence-electron chi connectivity index (χ2n) is 2.38. The third-order valence-corrected chi connectivity index (χ3v) is 3.70. The Morgan fingerprint density at radius 3 is 2.40 bits per heavy atom. The predicted octanol–water partition coefficient (Wildman–Crippen LogP) is 0.732. The minimum absolute atomic E-state index is 0.248. The van der Waals surface area contributed by atoms with E-state index >= 15 is 0 Å². The second-order valence-corrected chi connectivity index (χ2v) is 5.23. The molecule has 0 unspecified atom stereocenters. The van der Waals surface area contributed by atoms with Crippen LogP contribution in [0.15, 0.2) is 0 Å². The van der Waals surface area contributed by atoms with Crippen molar-refractivity contribution in [3.05, 3.63) is 0 Å².